The molecule has 1 saturated heterocycles. The fourth-order valence-corrected chi connectivity index (χ4v) is 2.65. The molecular formula is C13H19FN2. The molecule has 2 rings (SSSR count). The molecule has 0 amide bonds. The van der Waals surface area contributed by atoms with Gasteiger partial charge in [-0.2, -0.15) is 0 Å². The SMILES string of the molecule is Cc1ccc(F)c(C2C(CN)CCN2C)c1. The second-order valence-corrected chi connectivity index (χ2v) is 4.73. The highest BCUT2D eigenvalue weighted by Crippen LogP contribution is 2.36. The molecule has 0 bridgehead atoms. The Morgan fingerprint density at radius 2 is 2.25 bits per heavy atom. The minimum atomic E-state index is -0.109. The first kappa shape index (κ1) is 11.6. The van der Waals surface area contributed by atoms with Crippen molar-refractivity contribution in [2.75, 3.05) is 20.1 Å². The molecule has 2 atom stereocenters. The van der Waals surface area contributed by atoms with Gasteiger partial charge in [-0.3, -0.25) is 4.90 Å². The van der Waals surface area contributed by atoms with E-state index in [1.807, 2.05) is 26.1 Å². The van der Waals surface area contributed by atoms with Crippen molar-refractivity contribution in [3.05, 3.63) is 35.1 Å². The molecule has 88 valence electrons. The summed E-state index contributed by atoms with van der Waals surface area (Å²) < 4.78 is 13.8. The first-order valence-corrected chi connectivity index (χ1v) is 5.80. The normalized spacial score (nSPS) is 26.2. The van der Waals surface area contributed by atoms with Crippen LogP contribution in [0, 0.1) is 18.7 Å². The summed E-state index contributed by atoms with van der Waals surface area (Å²) in [6.07, 6.45) is 1.06. The van der Waals surface area contributed by atoms with E-state index in [4.69, 9.17) is 5.73 Å². The molecule has 0 aliphatic carbocycles. The fourth-order valence-electron chi connectivity index (χ4n) is 2.65. The lowest BCUT2D eigenvalue weighted by Gasteiger charge is -2.25. The van der Waals surface area contributed by atoms with Crippen molar-refractivity contribution in [1.29, 1.82) is 0 Å². The molecule has 1 aromatic carbocycles. The lowest BCUT2D eigenvalue weighted by Crippen LogP contribution is -2.26. The van der Waals surface area contributed by atoms with Gasteiger partial charge in [0.15, 0.2) is 0 Å². The number of likely N-dealkylation sites (tertiary alicyclic amines) is 1. The van der Waals surface area contributed by atoms with Gasteiger partial charge in [-0.05, 0) is 45.5 Å². The van der Waals surface area contributed by atoms with Gasteiger partial charge < -0.3 is 5.73 Å². The van der Waals surface area contributed by atoms with E-state index >= 15 is 0 Å². The van der Waals surface area contributed by atoms with Gasteiger partial charge in [0, 0.05) is 11.6 Å². The predicted octanol–water partition coefficient (Wildman–Crippen LogP) is 2.09. The van der Waals surface area contributed by atoms with Gasteiger partial charge in [0.1, 0.15) is 5.82 Å². The smallest absolute Gasteiger partial charge is 0.128 e. The number of aryl methyl sites for hydroxylation is 1. The molecule has 1 fully saturated rings. The topological polar surface area (TPSA) is 29.3 Å². The molecule has 2 N–H and O–H groups in total. The van der Waals surface area contributed by atoms with Crippen LogP contribution in [-0.4, -0.2) is 25.0 Å². The van der Waals surface area contributed by atoms with Crippen LogP contribution in [0.4, 0.5) is 4.39 Å². The van der Waals surface area contributed by atoms with Crippen LogP contribution in [0.5, 0.6) is 0 Å². The highest BCUT2D eigenvalue weighted by molar-refractivity contribution is 5.28. The van der Waals surface area contributed by atoms with Crippen LogP contribution >= 0.6 is 0 Å². The maximum atomic E-state index is 13.8. The summed E-state index contributed by atoms with van der Waals surface area (Å²) in [7, 11) is 2.04. The molecular weight excluding hydrogens is 203 g/mol. The van der Waals surface area contributed by atoms with E-state index in [9.17, 15) is 4.39 Å². The molecule has 1 aromatic rings. The summed E-state index contributed by atoms with van der Waals surface area (Å²) in [5.74, 6) is 0.268. The Kier molecular flexibility index (Phi) is 3.26. The van der Waals surface area contributed by atoms with E-state index in [2.05, 4.69) is 4.90 Å². The van der Waals surface area contributed by atoms with Gasteiger partial charge in [-0.15, -0.1) is 0 Å². The van der Waals surface area contributed by atoms with Crippen molar-refractivity contribution >= 4 is 0 Å². The van der Waals surface area contributed by atoms with E-state index in [0.29, 0.717) is 12.5 Å². The highest BCUT2D eigenvalue weighted by atomic mass is 19.1. The molecule has 2 unspecified atom stereocenters. The lowest BCUT2D eigenvalue weighted by molar-refractivity contribution is 0.272. The van der Waals surface area contributed by atoms with E-state index in [1.165, 1.54) is 0 Å². The molecule has 1 aliphatic rings. The van der Waals surface area contributed by atoms with E-state index in [1.54, 1.807) is 6.07 Å². The summed E-state index contributed by atoms with van der Waals surface area (Å²) in [5, 5.41) is 0. The van der Waals surface area contributed by atoms with Crippen molar-refractivity contribution in [3.63, 3.8) is 0 Å². The van der Waals surface area contributed by atoms with Gasteiger partial charge in [-0.1, -0.05) is 17.7 Å². The Labute approximate surface area is 96.2 Å². The van der Waals surface area contributed by atoms with Gasteiger partial charge in [-0.25, -0.2) is 4.39 Å². The van der Waals surface area contributed by atoms with Crippen molar-refractivity contribution in [1.82, 2.24) is 4.90 Å². The van der Waals surface area contributed by atoms with E-state index < -0.39 is 0 Å². The predicted molar refractivity (Wildman–Crippen MR) is 63.7 cm³/mol. The average molecular weight is 222 g/mol. The quantitative estimate of drug-likeness (QED) is 0.830. The van der Waals surface area contributed by atoms with Gasteiger partial charge in [0.25, 0.3) is 0 Å². The number of hydrogen-bond acceptors (Lipinski definition) is 2. The van der Waals surface area contributed by atoms with Crippen LogP contribution in [0.1, 0.15) is 23.6 Å². The molecule has 1 aliphatic heterocycles. The van der Waals surface area contributed by atoms with Crippen LogP contribution in [0.25, 0.3) is 0 Å². The molecule has 2 nitrogen and oxygen atoms in total. The molecule has 16 heavy (non-hydrogen) atoms. The Bertz CT molecular complexity index is 378. The Hall–Kier alpha value is -0.930. The summed E-state index contributed by atoms with van der Waals surface area (Å²) in [5.41, 5.74) is 7.67. The zero-order valence-electron chi connectivity index (χ0n) is 9.91. The molecule has 0 aromatic heterocycles. The molecule has 0 spiro atoms. The summed E-state index contributed by atoms with van der Waals surface area (Å²) in [4.78, 5) is 2.20. The number of halogens is 1. The Morgan fingerprint density at radius 3 is 2.94 bits per heavy atom. The average Bonchev–Trinajstić information content (AvgIpc) is 2.63. The first-order chi connectivity index (χ1) is 7.63. The van der Waals surface area contributed by atoms with Crippen molar-refractivity contribution in [2.24, 2.45) is 11.7 Å². The minimum Gasteiger partial charge on any atom is -0.330 e. The monoisotopic (exact) mass is 222 g/mol. The Morgan fingerprint density at radius 1 is 1.50 bits per heavy atom. The first-order valence-electron chi connectivity index (χ1n) is 5.80. The third-order valence-corrected chi connectivity index (χ3v) is 3.55. The van der Waals surface area contributed by atoms with Gasteiger partial charge in [0.05, 0.1) is 0 Å². The van der Waals surface area contributed by atoms with Crippen LogP contribution < -0.4 is 5.73 Å². The van der Waals surface area contributed by atoms with E-state index in [-0.39, 0.29) is 11.9 Å². The van der Waals surface area contributed by atoms with Crippen LogP contribution in [0.2, 0.25) is 0 Å². The summed E-state index contributed by atoms with van der Waals surface area (Å²) >= 11 is 0. The summed E-state index contributed by atoms with van der Waals surface area (Å²) in [6, 6.07) is 5.46. The minimum absolute atomic E-state index is 0.109. The standard InChI is InChI=1S/C13H19FN2/c1-9-3-4-12(14)11(7-9)13-10(8-15)5-6-16(13)2/h3-4,7,10,13H,5-6,8,15H2,1-2H3. The highest BCUT2D eigenvalue weighted by Gasteiger charge is 2.33. The number of rotatable bonds is 2. The van der Waals surface area contributed by atoms with Crippen LogP contribution in [0.3, 0.4) is 0 Å². The number of nitrogens with zero attached hydrogens (tertiary/aromatic N) is 1. The van der Waals surface area contributed by atoms with Crippen LogP contribution in [-0.2, 0) is 0 Å². The number of benzene rings is 1. The third-order valence-electron chi connectivity index (χ3n) is 3.55. The molecule has 1 heterocycles. The summed E-state index contributed by atoms with van der Waals surface area (Å²) in [6.45, 7) is 3.62. The second-order valence-electron chi connectivity index (χ2n) is 4.73. The van der Waals surface area contributed by atoms with Crippen molar-refractivity contribution in [2.45, 2.75) is 19.4 Å². The molecule has 3 heteroatoms. The molecule has 0 saturated carbocycles. The Balaban J connectivity index is 2.37. The van der Waals surface area contributed by atoms with Crippen molar-refractivity contribution in [3.8, 4) is 0 Å². The largest absolute Gasteiger partial charge is 0.330 e. The van der Waals surface area contributed by atoms with Crippen molar-refractivity contribution < 1.29 is 4.39 Å². The lowest BCUT2D eigenvalue weighted by atomic mass is 9.92. The maximum absolute atomic E-state index is 13.8. The second kappa shape index (κ2) is 4.52. The van der Waals surface area contributed by atoms with E-state index in [0.717, 1.165) is 24.1 Å². The van der Waals surface area contributed by atoms with Gasteiger partial charge in [0.2, 0.25) is 0 Å². The zero-order chi connectivity index (χ0) is 11.7. The zero-order valence-corrected chi connectivity index (χ0v) is 9.91. The number of hydrogen-bond donors (Lipinski definition) is 1. The van der Waals surface area contributed by atoms with Gasteiger partial charge >= 0.3 is 0 Å². The number of nitrogens with two attached hydrogens (primary N) is 1. The fraction of sp³-hybridized carbons (Fsp3) is 0.538. The van der Waals surface area contributed by atoms with Crippen LogP contribution in [0.15, 0.2) is 18.2 Å². The third kappa shape index (κ3) is 1.97. The molecule has 0 radical (unpaired) electrons. The maximum Gasteiger partial charge on any atom is 0.128 e.